The maximum Gasteiger partial charge on any atom is 0.167 e. The summed E-state index contributed by atoms with van der Waals surface area (Å²) in [6, 6.07) is 0.229. The normalized spacial score (nSPS) is 21.0. The van der Waals surface area contributed by atoms with Crippen molar-refractivity contribution in [3.63, 3.8) is 0 Å². The fourth-order valence-electron chi connectivity index (χ4n) is 1.69. The van der Waals surface area contributed by atoms with E-state index in [1.165, 1.54) is 0 Å². The SMILES string of the molecule is CC(N)c1nnnn1C1CCOCC1. The van der Waals surface area contributed by atoms with Crippen LogP contribution in [0.1, 0.15) is 37.7 Å². The van der Waals surface area contributed by atoms with Crippen molar-refractivity contribution in [1.29, 1.82) is 0 Å². The second-order valence-electron chi connectivity index (χ2n) is 3.61. The van der Waals surface area contributed by atoms with Crippen LogP contribution in [0.4, 0.5) is 0 Å². The molecule has 0 bridgehead atoms. The molecule has 2 N–H and O–H groups in total. The van der Waals surface area contributed by atoms with Crippen molar-refractivity contribution in [1.82, 2.24) is 20.2 Å². The largest absolute Gasteiger partial charge is 0.381 e. The van der Waals surface area contributed by atoms with Crippen LogP contribution in [0, 0.1) is 0 Å². The maximum absolute atomic E-state index is 5.77. The first-order valence-electron chi connectivity index (χ1n) is 4.90. The van der Waals surface area contributed by atoms with Gasteiger partial charge in [0.25, 0.3) is 0 Å². The van der Waals surface area contributed by atoms with Gasteiger partial charge in [-0.3, -0.25) is 0 Å². The molecule has 6 nitrogen and oxygen atoms in total. The van der Waals surface area contributed by atoms with E-state index < -0.39 is 0 Å². The van der Waals surface area contributed by atoms with E-state index in [2.05, 4.69) is 15.5 Å². The molecule has 6 heteroatoms. The van der Waals surface area contributed by atoms with Gasteiger partial charge in [0.2, 0.25) is 0 Å². The smallest absolute Gasteiger partial charge is 0.167 e. The van der Waals surface area contributed by atoms with Gasteiger partial charge in [-0.15, -0.1) is 5.10 Å². The third-order valence-corrected chi connectivity index (χ3v) is 2.46. The Morgan fingerprint density at radius 3 is 2.86 bits per heavy atom. The molecule has 1 saturated heterocycles. The lowest BCUT2D eigenvalue weighted by Gasteiger charge is -2.23. The van der Waals surface area contributed by atoms with Crippen LogP contribution in [-0.4, -0.2) is 33.4 Å². The van der Waals surface area contributed by atoms with E-state index in [0.29, 0.717) is 6.04 Å². The topological polar surface area (TPSA) is 78.9 Å². The molecule has 0 radical (unpaired) electrons. The quantitative estimate of drug-likeness (QED) is 0.724. The van der Waals surface area contributed by atoms with Gasteiger partial charge in [0, 0.05) is 13.2 Å². The zero-order valence-electron chi connectivity index (χ0n) is 8.26. The Kier molecular flexibility index (Phi) is 2.74. The van der Waals surface area contributed by atoms with Crippen LogP contribution in [0.25, 0.3) is 0 Å². The molecule has 2 rings (SSSR count). The molecule has 1 aliphatic rings. The average molecular weight is 197 g/mol. The highest BCUT2D eigenvalue weighted by molar-refractivity contribution is 4.90. The molecule has 1 aromatic heterocycles. The number of ether oxygens (including phenoxy) is 1. The third kappa shape index (κ3) is 1.76. The summed E-state index contributed by atoms with van der Waals surface area (Å²) in [6.45, 7) is 3.45. The number of hydrogen-bond donors (Lipinski definition) is 1. The van der Waals surface area contributed by atoms with Crippen molar-refractivity contribution in [2.45, 2.75) is 31.8 Å². The molecular formula is C8H15N5O. The first kappa shape index (κ1) is 9.54. The van der Waals surface area contributed by atoms with E-state index >= 15 is 0 Å². The van der Waals surface area contributed by atoms with Crippen molar-refractivity contribution in [2.24, 2.45) is 5.73 Å². The lowest BCUT2D eigenvalue weighted by atomic mass is 10.1. The van der Waals surface area contributed by atoms with Crippen LogP contribution in [0.5, 0.6) is 0 Å². The van der Waals surface area contributed by atoms with Gasteiger partial charge in [-0.1, -0.05) is 0 Å². The summed E-state index contributed by atoms with van der Waals surface area (Å²) >= 11 is 0. The van der Waals surface area contributed by atoms with Crippen molar-refractivity contribution in [3.8, 4) is 0 Å². The van der Waals surface area contributed by atoms with Crippen molar-refractivity contribution in [2.75, 3.05) is 13.2 Å². The van der Waals surface area contributed by atoms with Gasteiger partial charge in [-0.25, -0.2) is 4.68 Å². The van der Waals surface area contributed by atoms with E-state index in [9.17, 15) is 0 Å². The Labute approximate surface area is 82.4 Å². The van der Waals surface area contributed by atoms with E-state index in [-0.39, 0.29) is 6.04 Å². The molecule has 1 fully saturated rings. The Morgan fingerprint density at radius 2 is 2.21 bits per heavy atom. The van der Waals surface area contributed by atoms with Crippen molar-refractivity contribution >= 4 is 0 Å². The van der Waals surface area contributed by atoms with Crippen LogP contribution in [0.2, 0.25) is 0 Å². The molecule has 0 saturated carbocycles. The second kappa shape index (κ2) is 4.02. The standard InChI is InChI=1S/C8H15N5O/c1-6(9)8-10-11-12-13(8)7-2-4-14-5-3-7/h6-7H,2-5,9H2,1H3. The summed E-state index contributed by atoms with van der Waals surface area (Å²) in [5, 5.41) is 11.6. The molecule has 0 spiro atoms. The highest BCUT2D eigenvalue weighted by Crippen LogP contribution is 2.21. The van der Waals surface area contributed by atoms with Crippen molar-refractivity contribution in [3.05, 3.63) is 5.82 Å². The summed E-state index contributed by atoms with van der Waals surface area (Å²) in [4.78, 5) is 0. The lowest BCUT2D eigenvalue weighted by Crippen LogP contribution is -2.24. The predicted octanol–water partition coefficient (Wildman–Crippen LogP) is 0.0443. The highest BCUT2D eigenvalue weighted by atomic mass is 16.5. The van der Waals surface area contributed by atoms with E-state index in [1.54, 1.807) is 0 Å². The fraction of sp³-hybridized carbons (Fsp3) is 0.875. The summed E-state index contributed by atoms with van der Waals surface area (Å²) in [7, 11) is 0. The molecule has 1 aromatic rings. The molecule has 78 valence electrons. The van der Waals surface area contributed by atoms with Gasteiger partial charge < -0.3 is 10.5 Å². The molecule has 0 aliphatic carbocycles. The zero-order chi connectivity index (χ0) is 9.97. The second-order valence-corrected chi connectivity index (χ2v) is 3.61. The average Bonchev–Trinajstić information content (AvgIpc) is 2.67. The van der Waals surface area contributed by atoms with Gasteiger partial charge in [0.15, 0.2) is 5.82 Å². The van der Waals surface area contributed by atoms with Crippen LogP contribution >= 0.6 is 0 Å². The first-order chi connectivity index (χ1) is 6.79. The number of nitrogens with zero attached hydrogens (tertiary/aromatic N) is 4. The van der Waals surface area contributed by atoms with Crippen LogP contribution in [0.15, 0.2) is 0 Å². The molecule has 2 heterocycles. The van der Waals surface area contributed by atoms with Gasteiger partial charge in [0.05, 0.1) is 12.1 Å². The number of hydrogen-bond acceptors (Lipinski definition) is 5. The summed E-state index contributed by atoms with van der Waals surface area (Å²) in [5.74, 6) is 0.761. The first-order valence-corrected chi connectivity index (χ1v) is 4.90. The van der Waals surface area contributed by atoms with Gasteiger partial charge in [-0.2, -0.15) is 0 Å². The molecule has 1 unspecified atom stereocenters. The number of rotatable bonds is 2. The van der Waals surface area contributed by atoms with E-state index in [0.717, 1.165) is 31.9 Å². The molecule has 14 heavy (non-hydrogen) atoms. The highest BCUT2D eigenvalue weighted by Gasteiger charge is 2.21. The fourth-order valence-corrected chi connectivity index (χ4v) is 1.69. The molecule has 0 aromatic carbocycles. The lowest BCUT2D eigenvalue weighted by molar-refractivity contribution is 0.0645. The van der Waals surface area contributed by atoms with Crippen molar-refractivity contribution < 1.29 is 4.74 Å². The Bertz CT molecular complexity index is 292. The summed E-state index contributed by atoms with van der Waals surface area (Å²) in [5.41, 5.74) is 5.77. The van der Waals surface area contributed by atoms with E-state index in [4.69, 9.17) is 10.5 Å². The number of aromatic nitrogens is 4. The Hall–Kier alpha value is -1.01. The van der Waals surface area contributed by atoms with Crippen LogP contribution < -0.4 is 5.73 Å². The maximum atomic E-state index is 5.77. The molecule has 1 aliphatic heterocycles. The van der Waals surface area contributed by atoms with Gasteiger partial charge >= 0.3 is 0 Å². The minimum absolute atomic E-state index is 0.118. The van der Waals surface area contributed by atoms with Crippen LogP contribution in [0.3, 0.4) is 0 Å². The minimum Gasteiger partial charge on any atom is -0.381 e. The summed E-state index contributed by atoms with van der Waals surface area (Å²) < 4.78 is 7.13. The summed E-state index contributed by atoms with van der Waals surface area (Å²) in [6.07, 6.45) is 1.93. The minimum atomic E-state index is -0.118. The molecular weight excluding hydrogens is 182 g/mol. The molecule has 0 amide bonds. The Morgan fingerprint density at radius 1 is 1.50 bits per heavy atom. The van der Waals surface area contributed by atoms with E-state index in [1.807, 2.05) is 11.6 Å². The number of tetrazole rings is 1. The zero-order valence-corrected chi connectivity index (χ0v) is 8.26. The number of nitrogens with two attached hydrogens (primary N) is 1. The third-order valence-electron chi connectivity index (χ3n) is 2.46. The van der Waals surface area contributed by atoms with Gasteiger partial charge in [-0.05, 0) is 30.2 Å². The predicted molar refractivity (Wildman–Crippen MR) is 49.5 cm³/mol. The Balaban J connectivity index is 2.17. The monoisotopic (exact) mass is 197 g/mol. The molecule has 1 atom stereocenters. The van der Waals surface area contributed by atoms with Gasteiger partial charge in [0.1, 0.15) is 0 Å². The van der Waals surface area contributed by atoms with Crippen LogP contribution in [-0.2, 0) is 4.74 Å².